The SMILES string of the molecule is CC(C)C(=O)N1CCCCC1c1noc(COc2ccc(F)cc2)n1. The summed E-state index contributed by atoms with van der Waals surface area (Å²) in [4.78, 5) is 18.6. The number of piperidine rings is 1. The number of halogens is 1. The number of hydrogen-bond donors (Lipinski definition) is 0. The molecule has 25 heavy (non-hydrogen) atoms. The van der Waals surface area contributed by atoms with Crippen molar-refractivity contribution in [2.24, 2.45) is 5.92 Å². The van der Waals surface area contributed by atoms with Gasteiger partial charge in [-0.1, -0.05) is 19.0 Å². The summed E-state index contributed by atoms with van der Waals surface area (Å²) in [6.45, 7) is 4.61. The van der Waals surface area contributed by atoms with Crippen LogP contribution in [0.15, 0.2) is 28.8 Å². The largest absolute Gasteiger partial charge is 0.484 e. The van der Waals surface area contributed by atoms with Crippen molar-refractivity contribution in [3.05, 3.63) is 41.8 Å². The van der Waals surface area contributed by atoms with Gasteiger partial charge in [0.25, 0.3) is 5.89 Å². The summed E-state index contributed by atoms with van der Waals surface area (Å²) in [5.74, 6) is 1.11. The molecule has 2 heterocycles. The molecule has 134 valence electrons. The predicted molar refractivity (Wildman–Crippen MR) is 88.2 cm³/mol. The number of carbonyl (C=O) groups excluding carboxylic acids is 1. The number of ether oxygens (including phenoxy) is 1. The Morgan fingerprint density at radius 1 is 1.36 bits per heavy atom. The van der Waals surface area contributed by atoms with E-state index in [2.05, 4.69) is 10.1 Å². The first-order chi connectivity index (χ1) is 12.0. The van der Waals surface area contributed by atoms with Crippen molar-refractivity contribution < 1.29 is 18.4 Å². The molecule has 6 nitrogen and oxygen atoms in total. The Morgan fingerprint density at radius 2 is 2.12 bits per heavy atom. The standard InChI is InChI=1S/C18H22FN3O3/c1-12(2)18(23)22-10-4-3-5-15(22)17-20-16(25-21-17)11-24-14-8-6-13(19)7-9-14/h6-9,12,15H,3-5,10-11H2,1-2H3. The second-order valence-electron chi connectivity index (χ2n) is 6.49. The zero-order chi connectivity index (χ0) is 17.8. The van der Waals surface area contributed by atoms with Gasteiger partial charge < -0.3 is 14.2 Å². The summed E-state index contributed by atoms with van der Waals surface area (Å²) >= 11 is 0. The van der Waals surface area contributed by atoms with E-state index >= 15 is 0 Å². The van der Waals surface area contributed by atoms with Crippen molar-refractivity contribution in [1.29, 1.82) is 0 Å². The molecule has 1 fully saturated rings. The van der Waals surface area contributed by atoms with E-state index in [1.807, 2.05) is 18.7 Å². The van der Waals surface area contributed by atoms with E-state index in [1.165, 1.54) is 24.3 Å². The fraction of sp³-hybridized carbons (Fsp3) is 0.500. The quantitative estimate of drug-likeness (QED) is 0.828. The van der Waals surface area contributed by atoms with Gasteiger partial charge in [0.05, 0.1) is 6.04 Å². The maximum absolute atomic E-state index is 12.9. The van der Waals surface area contributed by atoms with E-state index in [-0.39, 0.29) is 30.3 Å². The van der Waals surface area contributed by atoms with Crippen molar-refractivity contribution in [3.8, 4) is 5.75 Å². The maximum Gasteiger partial charge on any atom is 0.264 e. The number of nitrogens with zero attached hydrogens (tertiary/aromatic N) is 3. The fourth-order valence-electron chi connectivity index (χ4n) is 2.93. The van der Waals surface area contributed by atoms with Crippen LogP contribution in [0.1, 0.15) is 50.9 Å². The lowest BCUT2D eigenvalue weighted by atomic mass is 9.99. The molecule has 1 aromatic heterocycles. The van der Waals surface area contributed by atoms with Crippen LogP contribution >= 0.6 is 0 Å². The van der Waals surface area contributed by atoms with Gasteiger partial charge in [-0.3, -0.25) is 4.79 Å². The molecule has 1 aromatic carbocycles. The van der Waals surface area contributed by atoms with Crippen LogP contribution in [-0.4, -0.2) is 27.5 Å². The van der Waals surface area contributed by atoms with E-state index in [9.17, 15) is 9.18 Å². The van der Waals surface area contributed by atoms with Gasteiger partial charge in [0.15, 0.2) is 12.4 Å². The van der Waals surface area contributed by atoms with Crippen molar-refractivity contribution in [2.75, 3.05) is 6.54 Å². The molecule has 3 rings (SSSR count). The van der Waals surface area contributed by atoms with Gasteiger partial charge in [0, 0.05) is 12.5 Å². The molecule has 1 saturated heterocycles. The van der Waals surface area contributed by atoms with Crippen LogP contribution < -0.4 is 4.74 Å². The zero-order valence-corrected chi connectivity index (χ0v) is 14.4. The molecule has 0 aliphatic carbocycles. The van der Waals surface area contributed by atoms with Crippen LogP contribution in [0.2, 0.25) is 0 Å². The maximum atomic E-state index is 12.9. The summed E-state index contributed by atoms with van der Waals surface area (Å²) in [6, 6.07) is 5.58. The van der Waals surface area contributed by atoms with Crippen molar-refractivity contribution in [1.82, 2.24) is 15.0 Å². The first kappa shape index (κ1) is 17.4. The van der Waals surface area contributed by atoms with Gasteiger partial charge in [-0.2, -0.15) is 4.98 Å². The monoisotopic (exact) mass is 347 g/mol. The van der Waals surface area contributed by atoms with Crippen molar-refractivity contribution >= 4 is 5.91 Å². The summed E-state index contributed by atoms with van der Waals surface area (Å²) < 4.78 is 23.7. The van der Waals surface area contributed by atoms with Gasteiger partial charge in [0.2, 0.25) is 5.91 Å². The van der Waals surface area contributed by atoms with E-state index in [1.54, 1.807) is 0 Å². The average Bonchev–Trinajstić information content (AvgIpc) is 3.09. The van der Waals surface area contributed by atoms with Gasteiger partial charge in [0.1, 0.15) is 11.6 Å². The minimum atomic E-state index is -0.320. The van der Waals surface area contributed by atoms with Crippen molar-refractivity contribution in [3.63, 3.8) is 0 Å². The number of likely N-dealkylation sites (tertiary alicyclic amines) is 1. The molecule has 2 aromatic rings. The van der Waals surface area contributed by atoms with Gasteiger partial charge in [-0.25, -0.2) is 4.39 Å². The van der Waals surface area contributed by atoms with Gasteiger partial charge in [-0.15, -0.1) is 0 Å². The van der Waals surface area contributed by atoms with Crippen LogP contribution in [0.5, 0.6) is 5.75 Å². The third kappa shape index (κ3) is 4.15. The highest BCUT2D eigenvalue weighted by Gasteiger charge is 2.32. The molecule has 1 aliphatic rings. The molecule has 1 aliphatic heterocycles. The Morgan fingerprint density at radius 3 is 2.84 bits per heavy atom. The second kappa shape index (κ2) is 7.63. The molecule has 0 spiro atoms. The van der Waals surface area contributed by atoms with Crippen LogP contribution in [0.4, 0.5) is 4.39 Å². The number of rotatable bonds is 5. The molecular weight excluding hydrogens is 325 g/mol. The summed E-state index contributed by atoms with van der Waals surface area (Å²) in [5.41, 5.74) is 0. The highest BCUT2D eigenvalue weighted by atomic mass is 19.1. The van der Waals surface area contributed by atoms with Gasteiger partial charge in [-0.05, 0) is 43.5 Å². The summed E-state index contributed by atoms with van der Waals surface area (Å²) in [6.07, 6.45) is 2.85. The Hall–Kier alpha value is -2.44. The summed E-state index contributed by atoms with van der Waals surface area (Å²) in [7, 11) is 0. The van der Waals surface area contributed by atoms with Crippen LogP contribution in [0, 0.1) is 11.7 Å². The molecule has 7 heteroatoms. The average molecular weight is 347 g/mol. The lowest BCUT2D eigenvalue weighted by molar-refractivity contribution is -0.138. The number of amides is 1. The van der Waals surface area contributed by atoms with Crippen LogP contribution in [-0.2, 0) is 11.4 Å². The third-order valence-electron chi connectivity index (χ3n) is 4.24. The lowest BCUT2D eigenvalue weighted by Gasteiger charge is -2.34. The highest BCUT2D eigenvalue weighted by molar-refractivity contribution is 5.78. The minimum Gasteiger partial charge on any atom is -0.484 e. The molecule has 1 unspecified atom stereocenters. The molecule has 0 bridgehead atoms. The number of aromatic nitrogens is 2. The topological polar surface area (TPSA) is 68.5 Å². The molecule has 0 saturated carbocycles. The normalized spacial score (nSPS) is 17.8. The van der Waals surface area contributed by atoms with Crippen molar-refractivity contribution in [2.45, 2.75) is 45.8 Å². The third-order valence-corrected chi connectivity index (χ3v) is 4.24. The molecule has 1 atom stereocenters. The van der Waals surface area contributed by atoms with E-state index in [0.717, 1.165) is 25.8 Å². The Balaban J connectivity index is 1.66. The number of benzene rings is 1. The Labute approximate surface area is 146 Å². The van der Waals surface area contributed by atoms with Gasteiger partial charge >= 0.3 is 0 Å². The lowest BCUT2D eigenvalue weighted by Crippen LogP contribution is -2.41. The zero-order valence-electron chi connectivity index (χ0n) is 14.4. The first-order valence-electron chi connectivity index (χ1n) is 8.56. The molecule has 0 N–H and O–H groups in total. The Kier molecular flexibility index (Phi) is 5.31. The minimum absolute atomic E-state index is 0.0613. The van der Waals surface area contributed by atoms with Crippen LogP contribution in [0.25, 0.3) is 0 Å². The van der Waals surface area contributed by atoms with E-state index in [4.69, 9.17) is 9.26 Å². The smallest absolute Gasteiger partial charge is 0.264 e. The second-order valence-corrected chi connectivity index (χ2v) is 6.49. The predicted octanol–water partition coefficient (Wildman–Crippen LogP) is 3.50. The Bertz CT molecular complexity index is 715. The molecule has 1 amide bonds. The summed E-state index contributed by atoms with van der Waals surface area (Å²) in [5, 5.41) is 4.04. The fourth-order valence-corrected chi connectivity index (χ4v) is 2.93. The highest BCUT2D eigenvalue weighted by Crippen LogP contribution is 2.30. The number of hydrogen-bond acceptors (Lipinski definition) is 5. The van der Waals surface area contributed by atoms with Crippen LogP contribution in [0.3, 0.4) is 0 Å². The van der Waals surface area contributed by atoms with E-state index in [0.29, 0.717) is 17.5 Å². The van der Waals surface area contributed by atoms with E-state index < -0.39 is 0 Å². The first-order valence-corrected chi connectivity index (χ1v) is 8.56. The number of carbonyl (C=O) groups is 1. The molecule has 0 radical (unpaired) electrons. The molecular formula is C18H22FN3O3.